The Morgan fingerprint density at radius 3 is 1.86 bits per heavy atom. The summed E-state index contributed by atoms with van der Waals surface area (Å²) in [6, 6.07) is 14.7. The largest absolute Gasteiger partial charge is 0.437 e. The van der Waals surface area contributed by atoms with Crippen LogP contribution in [0.2, 0.25) is 0 Å². The second-order valence-electron chi connectivity index (χ2n) is 5.49. The van der Waals surface area contributed by atoms with E-state index in [1.807, 2.05) is 6.07 Å². The average molecular weight is 302 g/mol. The van der Waals surface area contributed by atoms with Gasteiger partial charge < -0.3 is 20.1 Å². The summed E-state index contributed by atoms with van der Waals surface area (Å²) in [5, 5.41) is 29.0. The molecule has 0 amide bonds. The van der Waals surface area contributed by atoms with Gasteiger partial charge in [0.15, 0.2) is 11.4 Å². The third-order valence-electron chi connectivity index (χ3n) is 3.21. The minimum Gasteiger partial charge on any atom is -0.437 e. The molecule has 0 aromatic heterocycles. The van der Waals surface area contributed by atoms with E-state index in [9.17, 15) is 20.1 Å². The third kappa shape index (κ3) is 3.51. The molecule has 0 saturated carbocycles. The first-order valence-electron chi connectivity index (χ1n) is 6.77. The summed E-state index contributed by atoms with van der Waals surface area (Å²) in [5.74, 6) is -2.76. The molecule has 3 N–H and O–H groups in total. The third-order valence-corrected chi connectivity index (χ3v) is 3.21. The summed E-state index contributed by atoms with van der Waals surface area (Å²) in [6.45, 7) is 2.42. The summed E-state index contributed by atoms with van der Waals surface area (Å²) >= 11 is 0. The number of carbonyl (C=O) groups excluding carboxylic acids is 1. The zero-order valence-electron chi connectivity index (χ0n) is 12.4. The number of ketones is 1. The lowest BCUT2D eigenvalue weighted by Gasteiger charge is -2.32. The van der Waals surface area contributed by atoms with Gasteiger partial charge in [0, 0.05) is 11.1 Å². The van der Waals surface area contributed by atoms with Crippen molar-refractivity contribution in [3.63, 3.8) is 0 Å². The van der Waals surface area contributed by atoms with Gasteiger partial charge >= 0.3 is 5.97 Å². The molecular formula is C17H18O5. The molecule has 22 heavy (non-hydrogen) atoms. The van der Waals surface area contributed by atoms with Gasteiger partial charge in [-0.1, -0.05) is 30.3 Å². The first-order valence-corrected chi connectivity index (χ1v) is 6.77. The lowest BCUT2D eigenvalue weighted by Crippen LogP contribution is -2.54. The fraction of sp³-hybridized carbons (Fsp3) is 0.235. The van der Waals surface area contributed by atoms with Crippen LogP contribution in [0.5, 0.6) is 5.75 Å². The van der Waals surface area contributed by atoms with Crippen LogP contribution in [0.3, 0.4) is 0 Å². The van der Waals surface area contributed by atoms with Gasteiger partial charge in [-0.15, -0.1) is 0 Å². The van der Waals surface area contributed by atoms with Crippen LogP contribution in [0.15, 0.2) is 54.6 Å². The highest BCUT2D eigenvalue weighted by molar-refractivity contribution is 6.08. The van der Waals surface area contributed by atoms with Crippen LogP contribution in [-0.4, -0.2) is 32.7 Å². The van der Waals surface area contributed by atoms with E-state index in [4.69, 9.17) is 4.74 Å². The molecular weight excluding hydrogens is 284 g/mol. The average Bonchev–Trinajstić information content (AvgIpc) is 2.47. The lowest BCUT2D eigenvalue weighted by molar-refractivity contribution is -0.365. The quantitative estimate of drug-likeness (QED) is 0.578. The Morgan fingerprint density at radius 2 is 1.36 bits per heavy atom. The maximum absolute atomic E-state index is 12.2. The Hall–Kier alpha value is -2.21. The second kappa shape index (κ2) is 5.88. The number of benzene rings is 2. The van der Waals surface area contributed by atoms with Crippen molar-refractivity contribution in [2.75, 3.05) is 0 Å². The number of aliphatic hydroxyl groups is 3. The van der Waals surface area contributed by atoms with Crippen molar-refractivity contribution in [2.45, 2.75) is 25.4 Å². The molecule has 116 valence electrons. The predicted octanol–water partition coefficient (Wildman–Crippen LogP) is 1.71. The highest BCUT2D eigenvalue weighted by Crippen LogP contribution is 2.24. The molecule has 0 spiro atoms. The van der Waals surface area contributed by atoms with Gasteiger partial charge in [0.05, 0.1) is 0 Å². The molecule has 5 heteroatoms. The van der Waals surface area contributed by atoms with Gasteiger partial charge in [-0.2, -0.15) is 0 Å². The van der Waals surface area contributed by atoms with Crippen LogP contribution >= 0.6 is 0 Å². The molecule has 5 nitrogen and oxygen atoms in total. The van der Waals surface area contributed by atoms with Crippen molar-refractivity contribution >= 4 is 5.78 Å². The van der Waals surface area contributed by atoms with E-state index in [0.29, 0.717) is 11.1 Å². The summed E-state index contributed by atoms with van der Waals surface area (Å²) < 4.78 is 4.96. The Kier molecular flexibility index (Phi) is 4.32. The monoisotopic (exact) mass is 302 g/mol. The number of carbonyl (C=O) groups is 1. The molecule has 2 rings (SSSR count). The van der Waals surface area contributed by atoms with E-state index in [0.717, 1.165) is 0 Å². The van der Waals surface area contributed by atoms with E-state index >= 15 is 0 Å². The number of hydrogen-bond donors (Lipinski definition) is 3. The minimum absolute atomic E-state index is 0.122. The first kappa shape index (κ1) is 16.2. The predicted molar refractivity (Wildman–Crippen MR) is 80.4 cm³/mol. The fourth-order valence-corrected chi connectivity index (χ4v) is 1.72. The topological polar surface area (TPSA) is 87.0 Å². The Bertz CT molecular complexity index is 639. The maximum atomic E-state index is 12.2. The van der Waals surface area contributed by atoms with Crippen molar-refractivity contribution < 1.29 is 24.9 Å². The normalized spacial score (nSPS) is 12.0. The molecule has 0 aliphatic carbocycles. The molecule has 0 radical (unpaired) electrons. The van der Waals surface area contributed by atoms with E-state index < -0.39 is 11.6 Å². The number of rotatable bonds is 5. The lowest BCUT2D eigenvalue weighted by atomic mass is 10.0. The van der Waals surface area contributed by atoms with Crippen LogP contribution < -0.4 is 4.74 Å². The molecule has 0 fully saturated rings. The molecule has 0 aliphatic heterocycles. The van der Waals surface area contributed by atoms with Crippen molar-refractivity contribution in [2.24, 2.45) is 0 Å². The molecule has 0 saturated heterocycles. The van der Waals surface area contributed by atoms with Gasteiger partial charge in [-0.25, -0.2) is 0 Å². The zero-order valence-corrected chi connectivity index (χ0v) is 12.4. The van der Waals surface area contributed by atoms with Crippen molar-refractivity contribution in [1.29, 1.82) is 0 Å². The molecule has 2 aromatic carbocycles. The van der Waals surface area contributed by atoms with Gasteiger partial charge in [0.2, 0.25) is 0 Å². The Labute approximate surface area is 128 Å². The van der Waals surface area contributed by atoms with Gasteiger partial charge in [-0.3, -0.25) is 4.79 Å². The highest BCUT2D eigenvalue weighted by Gasteiger charge is 2.43. The summed E-state index contributed by atoms with van der Waals surface area (Å²) in [7, 11) is 0. The van der Waals surface area contributed by atoms with Crippen molar-refractivity contribution in [3.05, 3.63) is 65.7 Å². The number of ether oxygens (including phenoxy) is 1. The zero-order chi connectivity index (χ0) is 16.4. The summed E-state index contributed by atoms with van der Waals surface area (Å²) in [6.07, 6.45) is 0. The van der Waals surface area contributed by atoms with Crippen LogP contribution in [0.4, 0.5) is 0 Å². The van der Waals surface area contributed by atoms with E-state index in [-0.39, 0.29) is 11.5 Å². The SMILES string of the molecule is CC(C)(O)C(O)(O)Oc1ccc(C(=O)c2ccccc2)cc1. The minimum atomic E-state index is -2.74. The Balaban J connectivity index is 2.16. The molecule has 0 atom stereocenters. The van der Waals surface area contributed by atoms with Crippen LogP contribution in [0, 0.1) is 0 Å². The van der Waals surface area contributed by atoms with E-state index in [2.05, 4.69) is 0 Å². The van der Waals surface area contributed by atoms with Crippen molar-refractivity contribution in [3.8, 4) is 5.75 Å². The molecule has 0 bridgehead atoms. The fourth-order valence-electron chi connectivity index (χ4n) is 1.72. The van der Waals surface area contributed by atoms with Gasteiger partial charge in [0.25, 0.3) is 0 Å². The molecule has 0 heterocycles. The smallest absolute Gasteiger partial charge is 0.352 e. The number of hydrogen-bond acceptors (Lipinski definition) is 5. The molecule has 0 aliphatic rings. The van der Waals surface area contributed by atoms with Crippen LogP contribution in [0.25, 0.3) is 0 Å². The molecule has 0 unspecified atom stereocenters. The summed E-state index contributed by atoms with van der Waals surface area (Å²) in [4.78, 5) is 12.2. The maximum Gasteiger partial charge on any atom is 0.352 e. The standard InChI is InChI=1S/C17H18O5/c1-16(2,19)17(20,21)22-14-10-8-13(9-11-14)15(18)12-6-4-3-5-7-12/h3-11,19-21H,1-2H3. The van der Waals surface area contributed by atoms with Crippen LogP contribution in [0.1, 0.15) is 29.8 Å². The van der Waals surface area contributed by atoms with Crippen molar-refractivity contribution in [1.82, 2.24) is 0 Å². The summed E-state index contributed by atoms with van der Waals surface area (Å²) in [5.41, 5.74) is -0.861. The van der Waals surface area contributed by atoms with E-state index in [1.54, 1.807) is 24.3 Å². The van der Waals surface area contributed by atoms with Crippen LogP contribution in [-0.2, 0) is 0 Å². The first-order chi connectivity index (χ1) is 10.2. The van der Waals surface area contributed by atoms with E-state index in [1.165, 1.54) is 38.1 Å². The highest BCUT2D eigenvalue weighted by atomic mass is 16.8. The van der Waals surface area contributed by atoms with Gasteiger partial charge in [-0.05, 0) is 38.1 Å². The molecule has 2 aromatic rings. The second-order valence-corrected chi connectivity index (χ2v) is 5.49. The Morgan fingerprint density at radius 1 is 0.864 bits per heavy atom. The van der Waals surface area contributed by atoms with Gasteiger partial charge in [0.1, 0.15) is 5.75 Å².